The molecule has 2 bridgehead atoms. The highest BCUT2D eigenvalue weighted by atomic mass is 16.2. The summed E-state index contributed by atoms with van der Waals surface area (Å²) in [5.41, 5.74) is 3.68. The van der Waals surface area contributed by atoms with Gasteiger partial charge in [0.25, 0.3) is 0 Å². The van der Waals surface area contributed by atoms with E-state index in [-0.39, 0.29) is 41.3 Å². The van der Waals surface area contributed by atoms with Crippen LogP contribution in [-0.4, -0.2) is 17.6 Å². The van der Waals surface area contributed by atoms with Crippen LogP contribution in [0.5, 0.6) is 0 Å². The van der Waals surface area contributed by atoms with Gasteiger partial charge >= 0.3 is 0 Å². The molecule has 0 radical (unpaired) electrons. The summed E-state index contributed by atoms with van der Waals surface area (Å²) in [6.45, 7) is 5.66. The molecule has 3 fully saturated rings. The van der Waals surface area contributed by atoms with Gasteiger partial charge in [0.2, 0.25) is 11.8 Å². The number of hydrogen-bond acceptors (Lipinski definition) is 3. The minimum absolute atomic E-state index is 0.0666. The zero-order valence-electron chi connectivity index (χ0n) is 14.2. The molecular weight excluding hydrogens is 302 g/mol. The second-order valence-electron chi connectivity index (χ2n) is 7.42. The normalized spacial score (nSPS) is 31.0. The third kappa shape index (κ3) is 1.89. The lowest BCUT2D eigenvalue weighted by Gasteiger charge is -2.19. The third-order valence-corrected chi connectivity index (χ3v) is 5.94. The van der Waals surface area contributed by atoms with Gasteiger partial charge in [0.15, 0.2) is 5.78 Å². The van der Waals surface area contributed by atoms with Crippen molar-refractivity contribution in [2.45, 2.75) is 33.6 Å². The van der Waals surface area contributed by atoms with E-state index in [4.69, 9.17) is 0 Å². The van der Waals surface area contributed by atoms with Gasteiger partial charge in [0, 0.05) is 5.56 Å². The molecule has 1 aromatic rings. The van der Waals surface area contributed by atoms with Gasteiger partial charge < -0.3 is 0 Å². The number of anilines is 1. The molecule has 0 unspecified atom stereocenters. The van der Waals surface area contributed by atoms with E-state index in [1.807, 2.05) is 0 Å². The van der Waals surface area contributed by atoms with E-state index in [1.165, 1.54) is 23.0 Å². The summed E-state index contributed by atoms with van der Waals surface area (Å²) >= 11 is 0. The number of imide groups is 1. The van der Waals surface area contributed by atoms with Crippen LogP contribution in [0.4, 0.5) is 5.69 Å². The molecule has 4 heteroatoms. The van der Waals surface area contributed by atoms with Crippen LogP contribution in [0, 0.1) is 23.7 Å². The smallest absolute Gasteiger partial charge is 0.238 e. The van der Waals surface area contributed by atoms with Crippen LogP contribution in [0.3, 0.4) is 0 Å². The molecule has 4 rings (SSSR count). The number of ketones is 1. The predicted molar refractivity (Wildman–Crippen MR) is 90.5 cm³/mol. The van der Waals surface area contributed by atoms with Crippen molar-refractivity contribution >= 4 is 23.3 Å². The molecule has 1 aromatic carbocycles. The van der Waals surface area contributed by atoms with E-state index in [1.54, 1.807) is 24.3 Å². The Morgan fingerprint density at radius 2 is 1.58 bits per heavy atom. The molecule has 4 nitrogen and oxygen atoms in total. The molecule has 2 amide bonds. The fourth-order valence-electron chi connectivity index (χ4n) is 5.11. The van der Waals surface area contributed by atoms with Gasteiger partial charge in [-0.2, -0.15) is 0 Å². The van der Waals surface area contributed by atoms with Gasteiger partial charge in [0.1, 0.15) is 0 Å². The van der Waals surface area contributed by atoms with Crippen molar-refractivity contribution in [2.24, 2.45) is 23.7 Å². The first-order valence-electron chi connectivity index (χ1n) is 8.58. The van der Waals surface area contributed by atoms with Crippen LogP contribution in [0.25, 0.3) is 0 Å². The number of benzene rings is 1. The first kappa shape index (κ1) is 15.3. The molecule has 0 N–H and O–H groups in total. The van der Waals surface area contributed by atoms with Gasteiger partial charge in [-0.3, -0.25) is 14.4 Å². The van der Waals surface area contributed by atoms with Crippen LogP contribution >= 0.6 is 0 Å². The minimum atomic E-state index is -0.206. The Hall–Kier alpha value is -2.23. The predicted octanol–water partition coefficient (Wildman–Crippen LogP) is 3.37. The summed E-state index contributed by atoms with van der Waals surface area (Å²) in [6, 6.07) is 6.84. The van der Waals surface area contributed by atoms with Crippen molar-refractivity contribution in [2.75, 3.05) is 4.90 Å². The topological polar surface area (TPSA) is 54.5 Å². The van der Waals surface area contributed by atoms with Crippen molar-refractivity contribution < 1.29 is 14.4 Å². The molecule has 0 spiro atoms. The second-order valence-corrected chi connectivity index (χ2v) is 7.42. The number of amides is 2. The van der Waals surface area contributed by atoms with Crippen LogP contribution in [0.1, 0.15) is 44.0 Å². The van der Waals surface area contributed by atoms with Crippen molar-refractivity contribution in [1.29, 1.82) is 0 Å². The fourth-order valence-corrected chi connectivity index (χ4v) is 5.11. The van der Waals surface area contributed by atoms with Crippen LogP contribution in [-0.2, 0) is 9.59 Å². The minimum Gasteiger partial charge on any atom is -0.295 e. The molecule has 24 heavy (non-hydrogen) atoms. The van der Waals surface area contributed by atoms with Crippen molar-refractivity contribution in [3.63, 3.8) is 0 Å². The van der Waals surface area contributed by atoms with Gasteiger partial charge in [-0.05, 0) is 57.6 Å². The molecule has 2 aliphatic carbocycles. The number of Topliss-reactive ketones (excluding diaryl/α,β-unsaturated/α-hetero) is 1. The Labute approximate surface area is 141 Å². The first-order chi connectivity index (χ1) is 11.4. The van der Waals surface area contributed by atoms with Gasteiger partial charge in [0.05, 0.1) is 17.5 Å². The van der Waals surface area contributed by atoms with E-state index in [9.17, 15) is 14.4 Å². The Bertz CT molecular complexity index is 771. The zero-order chi connectivity index (χ0) is 17.2. The number of nitrogens with zero attached hydrogens (tertiary/aromatic N) is 1. The molecule has 1 heterocycles. The summed E-state index contributed by atoms with van der Waals surface area (Å²) in [5, 5.41) is 0. The van der Waals surface area contributed by atoms with Crippen molar-refractivity contribution in [3.05, 3.63) is 41.0 Å². The molecular formula is C20H21NO3. The third-order valence-electron chi connectivity index (χ3n) is 5.94. The van der Waals surface area contributed by atoms with E-state index in [0.717, 1.165) is 12.8 Å². The molecule has 2 saturated carbocycles. The molecule has 1 aliphatic heterocycles. The van der Waals surface area contributed by atoms with E-state index < -0.39 is 0 Å². The highest BCUT2D eigenvalue weighted by Crippen LogP contribution is 2.60. The quantitative estimate of drug-likeness (QED) is 0.476. The van der Waals surface area contributed by atoms with Gasteiger partial charge in [-0.25, -0.2) is 4.90 Å². The van der Waals surface area contributed by atoms with Crippen LogP contribution in [0.2, 0.25) is 0 Å². The lowest BCUT2D eigenvalue weighted by Crippen LogP contribution is -2.33. The highest BCUT2D eigenvalue weighted by molar-refractivity contribution is 6.23. The van der Waals surface area contributed by atoms with Gasteiger partial charge in [-0.15, -0.1) is 0 Å². The monoisotopic (exact) mass is 323 g/mol. The van der Waals surface area contributed by atoms with Crippen molar-refractivity contribution in [3.8, 4) is 0 Å². The lowest BCUT2D eigenvalue weighted by atomic mass is 9.81. The van der Waals surface area contributed by atoms with Gasteiger partial charge in [-0.1, -0.05) is 23.3 Å². The average Bonchev–Trinajstić information content (AvgIpc) is 3.17. The number of allylic oxidation sites excluding steroid dienone is 2. The van der Waals surface area contributed by atoms with E-state index in [2.05, 4.69) is 13.8 Å². The number of carbonyl (C=O) groups excluding carboxylic acids is 3. The maximum atomic E-state index is 13.0. The van der Waals surface area contributed by atoms with E-state index in [0.29, 0.717) is 11.3 Å². The Balaban J connectivity index is 1.75. The summed E-state index contributed by atoms with van der Waals surface area (Å²) < 4.78 is 0. The number of carbonyl (C=O) groups is 3. The summed E-state index contributed by atoms with van der Waals surface area (Å²) in [6.07, 6.45) is 2.01. The molecule has 3 aliphatic rings. The van der Waals surface area contributed by atoms with Crippen LogP contribution < -0.4 is 4.90 Å². The largest absolute Gasteiger partial charge is 0.295 e. The summed E-state index contributed by atoms with van der Waals surface area (Å²) in [7, 11) is 0. The Morgan fingerprint density at radius 1 is 1.00 bits per heavy atom. The molecule has 1 saturated heterocycles. The zero-order valence-corrected chi connectivity index (χ0v) is 14.2. The lowest BCUT2D eigenvalue weighted by molar-refractivity contribution is -0.123. The number of hydrogen-bond donors (Lipinski definition) is 0. The Kier molecular flexibility index (Phi) is 3.27. The summed E-state index contributed by atoms with van der Waals surface area (Å²) in [4.78, 5) is 39.0. The average molecular weight is 323 g/mol. The molecule has 0 aromatic heterocycles. The molecule has 124 valence electrons. The van der Waals surface area contributed by atoms with Crippen LogP contribution in [0.15, 0.2) is 35.4 Å². The second kappa shape index (κ2) is 5.13. The molecule has 4 atom stereocenters. The summed E-state index contributed by atoms with van der Waals surface area (Å²) in [5.74, 6) is -0.203. The maximum Gasteiger partial charge on any atom is 0.238 e. The van der Waals surface area contributed by atoms with Crippen molar-refractivity contribution in [1.82, 2.24) is 0 Å². The number of fused-ring (bicyclic) bond motifs is 5. The standard InChI is InChI=1S/C20H21NO3/c1-10(2)16-14-7-8-15(16)18-17(14)19(23)21(20(18)24)13-6-4-5-12(9-13)11(3)22/h4-6,9,14-15,17-18H,7-8H2,1-3H3/t14-,15-,17-,18-/m0/s1. The van der Waals surface area contributed by atoms with E-state index >= 15 is 0 Å². The first-order valence-corrected chi connectivity index (χ1v) is 8.58. The highest BCUT2D eigenvalue weighted by Gasteiger charge is 2.63. The Morgan fingerprint density at radius 3 is 2.08 bits per heavy atom. The fraction of sp³-hybridized carbons (Fsp3) is 0.450. The maximum absolute atomic E-state index is 13.0. The number of rotatable bonds is 2. The SMILES string of the molecule is CC(=O)c1cccc(N2C(=O)[C@@H]3[C@@H](C2=O)[C@H]2CC[C@H]3C2=C(C)C)c1.